The lowest BCUT2D eigenvalue weighted by Crippen LogP contribution is -2.14. The number of thiazole rings is 1. The van der Waals surface area contributed by atoms with Crippen LogP contribution < -0.4 is 5.32 Å². The second-order valence-electron chi connectivity index (χ2n) is 5.67. The third-order valence-electron chi connectivity index (χ3n) is 3.71. The second-order valence-corrected chi connectivity index (χ2v) is 6.79. The second kappa shape index (κ2) is 6.67. The van der Waals surface area contributed by atoms with Crippen molar-refractivity contribution in [2.24, 2.45) is 0 Å². The van der Waals surface area contributed by atoms with Crippen molar-refractivity contribution in [1.82, 2.24) is 10.3 Å². The van der Waals surface area contributed by atoms with E-state index < -0.39 is 0 Å². The lowest BCUT2D eigenvalue weighted by Gasteiger charge is -2.05. The van der Waals surface area contributed by atoms with Crippen LogP contribution in [0, 0.1) is 0 Å². The maximum Gasteiger partial charge on any atom is 0.0962 e. The van der Waals surface area contributed by atoms with Crippen molar-refractivity contribution in [2.75, 3.05) is 6.54 Å². The highest BCUT2D eigenvalue weighted by atomic mass is 32.1. The molecular weight excluding hydrogens is 240 g/mol. The normalized spacial score (nSPS) is 16.9. The Kier molecular flexibility index (Phi) is 5.19. The standard InChI is InChI=1S/C15H26N2S/c1-4-9-16-10-13-14(11(2)3)17-15(18-13)12-7-5-6-8-12/h11-12,16H,4-10H2,1-3H3. The Morgan fingerprint density at radius 3 is 2.67 bits per heavy atom. The molecule has 0 radical (unpaired) electrons. The van der Waals surface area contributed by atoms with Crippen LogP contribution in [-0.2, 0) is 6.54 Å². The molecule has 2 rings (SSSR count). The van der Waals surface area contributed by atoms with E-state index in [0.29, 0.717) is 5.92 Å². The van der Waals surface area contributed by atoms with E-state index in [2.05, 4.69) is 26.1 Å². The summed E-state index contributed by atoms with van der Waals surface area (Å²) in [5.74, 6) is 1.31. The van der Waals surface area contributed by atoms with E-state index in [4.69, 9.17) is 4.98 Å². The van der Waals surface area contributed by atoms with Crippen LogP contribution in [0.1, 0.15) is 80.3 Å². The summed E-state index contributed by atoms with van der Waals surface area (Å²) in [7, 11) is 0. The van der Waals surface area contributed by atoms with Crippen molar-refractivity contribution >= 4 is 11.3 Å². The van der Waals surface area contributed by atoms with E-state index >= 15 is 0 Å². The van der Waals surface area contributed by atoms with E-state index in [1.165, 1.54) is 47.7 Å². The highest BCUT2D eigenvalue weighted by Crippen LogP contribution is 2.38. The summed E-state index contributed by atoms with van der Waals surface area (Å²) < 4.78 is 0. The first-order valence-corrected chi connectivity index (χ1v) is 8.24. The zero-order valence-corrected chi connectivity index (χ0v) is 12.8. The molecule has 0 amide bonds. The van der Waals surface area contributed by atoms with Gasteiger partial charge in [-0.25, -0.2) is 4.98 Å². The Morgan fingerprint density at radius 1 is 1.33 bits per heavy atom. The fraction of sp³-hybridized carbons (Fsp3) is 0.800. The van der Waals surface area contributed by atoms with Gasteiger partial charge in [-0.05, 0) is 31.7 Å². The molecule has 0 saturated heterocycles. The molecular formula is C15H26N2S. The minimum Gasteiger partial charge on any atom is -0.312 e. The van der Waals surface area contributed by atoms with E-state index in [-0.39, 0.29) is 0 Å². The maximum atomic E-state index is 4.95. The molecule has 1 saturated carbocycles. The molecule has 1 aliphatic carbocycles. The van der Waals surface area contributed by atoms with Gasteiger partial charge in [-0.3, -0.25) is 0 Å². The number of rotatable bonds is 6. The number of nitrogens with zero attached hydrogens (tertiary/aromatic N) is 1. The number of aromatic nitrogens is 1. The molecule has 0 aromatic carbocycles. The van der Waals surface area contributed by atoms with Gasteiger partial charge < -0.3 is 5.32 Å². The van der Waals surface area contributed by atoms with Crippen LogP contribution >= 0.6 is 11.3 Å². The SMILES string of the molecule is CCCNCc1sc(C2CCCC2)nc1C(C)C. The Balaban J connectivity index is 2.10. The molecule has 0 unspecified atom stereocenters. The molecule has 0 bridgehead atoms. The zero-order valence-electron chi connectivity index (χ0n) is 12.0. The number of hydrogen-bond acceptors (Lipinski definition) is 3. The average molecular weight is 266 g/mol. The largest absolute Gasteiger partial charge is 0.312 e. The van der Waals surface area contributed by atoms with Crippen molar-refractivity contribution in [3.8, 4) is 0 Å². The molecule has 1 fully saturated rings. The van der Waals surface area contributed by atoms with Gasteiger partial charge >= 0.3 is 0 Å². The van der Waals surface area contributed by atoms with Gasteiger partial charge in [0.1, 0.15) is 0 Å². The van der Waals surface area contributed by atoms with Gasteiger partial charge in [-0.2, -0.15) is 0 Å². The van der Waals surface area contributed by atoms with Crippen LogP contribution in [0.4, 0.5) is 0 Å². The molecule has 1 heterocycles. The summed E-state index contributed by atoms with van der Waals surface area (Å²) >= 11 is 1.96. The van der Waals surface area contributed by atoms with Crippen LogP contribution in [0.2, 0.25) is 0 Å². The van der Waals surface area contributed by atoms with Crippen molar-refractivity contribution < 1.29 is 0 Å². The predicted molar refractivity (Wildman–Crippen MR) is 79.4 cm³/mol. The van der Waals surface area contributed by atoms with Gasteiger partial charge in [0.25, 0.3) is 0 Å². The number of nitrogens with one attached hydrogen (secondary N) is 1. The topological polar surface area (TPSA) is 24.9 Å². The van der Waals surface area contributed by atoms with Crippen LogP contribution in [0.15, 0.2) is 0 Å². The molecule has 1 aromatic heterocycles. The smallest absolute Gasteiger partial charge is 0.0962 e. The van der Waals surface area contributed by atoms with E-state index in [9.17, 15) is 0 Å². The lowest BCUT2D eigenvalue weighted by molar-refractivity contribution is 0.667. The molecule has 18 heavy (non-hydrogen) atoms. The van der Waals surface area contributed by atoms with Gasteiger partial charge in [0.2, 0.25) is 0 Å². The summed E-state index contributed by atoms with van der Waals surface area (Å²) in [6, 6.07) is 0. The summed E-state index contributed by atoms with van der Waals surface area (Å²) in [4.78, 5) is 6.42. The molecule has 1 aromatic rings. The summed E-state index contributed by atoms with van der Waals surface area (Å²) in [6.45, 7) is 8.85. The maximum absolute atomic E-state index is 4.95. The predicted octanol–water partition coefficient (Wildman–Crippen LogP) is 4.42. The van der Waals surface area contributed by atoms with Crippen LogP contribution in [0.3, 0.4) is 0 Å². The number of hydrogen-bond donors (Lipinski definition) is 1. The van der Waals surface area contributed by atoms with Crippen molar-refractivity contribution in [1.29, 1.82) is 0 Å². The monoisotopic (exact) mass is 266 g/mol. The lowest BCUT2D eigenvalue weighted by atomic mass is 10.1. The van der Waals surface area contributed by atoms with E-state index in [1.807, 2.05) is 11.3 Å². The first-order valence-electron chi connectivity index (χ1n) is 7.42. The minimum atomic E-state index is 0.551. The molecule has 2 nitrogen and oxygen atoms in total. The molecule has 3 heteroatoms. The third-order valence-corrected chi connectivity index (χ3v) is 4.94. The van der Waals surface area contributed by atoms with Crippen molar-refractivity contribution in [3.05, 3.63) is 15.6 Å². The summed E-state index contributed by atoms with van der Waals surface area (Å²) in [5, 5.41) is 4.93. The van der Waals surface area contributed by atoms with Crippen LogP contribution in [0.5, 0.6) is 0 Å². The van der Waals surface area contributed by atoms with Crippen LogP contribution in [0.25, 0.3) is 0 Å². The molecule has 0 spiro atoms. The average Bonchev–Trinajstić information content (AvgIpc) is 2.97. The van der Waals surface area contributed by atoms with Crippen molar-refractivity contribution in [3.63, 3.8) is 0 Å². The fourth-order valence-electron chi connectivity index (χ4n) is 2.69. The van der Waals surface area contributed by atoms with E-state index in [1.54, 1.807) is 0 Å². The third kappa shape index (κ3) is 3.33. The zero-order chi connectivity index (χ0) is 13.0. The van der Waals surface area contributed by atoms with E-state index in [0.717, 1.165) is 19.0 Å². The van der Waals surface area contributed by atoms with Gasteiger partial charge in [-0.1, -0.05) is 33.6 Å². The molecule has 1 aliphatic rings. The molecule has 102 valence electrons. The Hall–Kier alpha value is -0.410. The van der Waals surface area contributed by atoms with Gasteiger partial charge in [0, 0.05) is 17.3 Å². The Labute approximate surface area is 115 Å². The van der Waals surface area contributed by atoms with Gasteiger partial charge in [-0.15, -0.1) is 11.3 Å². The highest BCUT2D eigenvalue weighted by molar-refractivity contribution is 7.11. The minimum absolute atomic E-state index is 0.551. The molecule has 0 aliphatic heterocycles. The van der Waals surface area contributed by atoms with Gasteiger partial charge in [0.05, 0.1) is 10.7 Å². The van der Waals surface area contributed by atoms with Gasteiger partial charge in [0.15, 0.2) is 0 Å². The van der Waals surface area contributed by atoms with Crippen molar-refractivity contribution in [2.45, 2.75) is 71.3 Å². The summed E-state index contributed by atoms with van der Waals surface area (Å²) in [5.41, 5.74) is 1.34. The Bertz CT molecular complexity index is 365. The fourth-order valence-corrected chi connectivity index (χ4v) is 4.05. The first-order chi connectivity index (χ1) is 8.72. The molecule has 1 N–H and O–H groups in total. The van der Waals surface area contributed by atoms with Crippen LogP contribution in [-0.4, -0.2) is 11.5 Å². The Morgan fingerprint density at radius 2 is 2.06 bits per heavy atom. The first kappa shape index (κ1) is 14.0. The quantitative estimate of drug-likeness (QED) is 0.771. The highest BCUT2D eigenvalue weighted by Gasteiger charge is 2.23. The summed E-state index contributed by atoms with van der Waals surface area (Å²) in [6.07, 6.45) is 6.69. The molecule has 0 atom stereocenters.